The van der Waals surface area contributed by atoms with E-state index in [1.165, 1.54) is 0 Å². The molecule has 0 saturated carbocycles. The summed E-state index contributed by atoms with van der Waals surface area (Å²) in [6, 6.07) is 1.91. The van der Waals surface area contributed by atoms with Gasteiger partial charge < -0.3 is 14.7 Å². The molecule has 0 aromatic carbocycles. The van der Waals surface area contributed by atoms with Crippen LogP contribution in [0, 0.1) is 0 Å². The van der Waals surface area contributed by atoms with Gasteiger partial charge in [-0.25, -0.2) is 9.97 Å². The lowest BCUT2D eigenvalue weighted by Gasteiger charge is -2.28. The average molecular weight is 261 g/mol. The minimum atomic E-state index is -0.0333. The number of nitrogens with zero attached hydrogens (tertiary/aromatic N) is 5. The van der Waals surface area contributed by atoms with Gasteiger partial charge in [0.2, 0.25) is 0 Å². The molecule has 3 heterocycles. The van der Waals surface area contributed by atoms with Crippen LogP contribution in [0.1, 0.15) is 11.4 Å². The number of fused-ring (bicyclic) bond motifs is 1. The molecule has 3 rings (SSSR count). The van der Waals surface area contributed by atoms with Crippen molar-refractivity contribution in [2.45, 2.75) is 19.7 Å². The minimum absolute atomic E-state index is 0.0333. The Hall–Kier alpha value is -2.15. The molecule has 0 saturated heterocycles. The van der Waals surface area contributed by atoms with Gasteiger partial charge in [0.15, 0.2) is 5.82 Å². The summed E-state index contributed by atoms with van der Waals surface area (Å²) >= 11 is 0. The number of rotatable bonds is 3. The maximum atomic E-state index is 9.12. The van der Waals surface area contributed by atoms with E-state index in [0.717, 1.165) is 24.6 Å². The van der Waals surface area contributed by atoms with Crippen LogP contribution in [0.5, 0.6) is 5.88 Å². The summed E-state index contributed by atoms with van der Waals surface area (Å²) in [6.45, 7) is 2.19. The van der Waals surface area contributed by atoms with Crippen LogP contribution in [0.2, 0.25) is 0 Å². The van der Waals surface area contributed by atoms with Crippen LogP contribution in [0.25, 0.3) is 0 Å². The second kappa shape index (κ2) is 4.85. The molecule has 0 amide bonds. The van der Waals surface area contributed by atoms with E-state index < -0.39 is 0 Å². The third-order valence-corrected chi connectivity index (χ3v) is 3.15. The highest BCUT2D eigenvalue weighted by Gasteiger charge is 2.22. The molecule has 19 heavy (non-hydrogen) atoms. The van der Waals surface area contributed by atoms with E-state index in [9.17, 15) is 0 Å². The van der Waals surface area contributed by atoms with E-state index >= 15 is 0 Å². The molecule has 0 fully saturated rings. The molecule has 0 spiro atoms. The fourth-order valence-electron chi connectivity index (χ4n) is 2.26. The molecule has 0 radical (unpaired) electrons. The minimum Gasteiger partial charge on any atom is -0.478 e. The Labute approximate surface area is 110 Å². The van der Waals surface area contributed by atoms with E-state index in [2.05, 4.69) is 20.0 Å². The van der Waals surface area contributed by atoms with E-state index in [-0.39, 0.29) is 6.61 Å². The van der Waals surface area contributed by atoms with Crippen molar-refractivity contribution in [1.29, 1.82) is 0 Å². The van der Waals surface area contributed by atoms with Gasteiger partial charge in [0.05, 0.1) is 38.2 Å². The molecule has 7 nitrogen and oxygen atoms in total. The molecule has 100 valence electrons. The fourth-order valence-corrected chi connectivity index (χ4v) is 2.26. The van der Waals surface area contributed by atoms with E-state index in [1.54, 1.807) is 19.5 Å². The van der Waals surface area contributed by atoms with Gasteiger partial charge in [-0.3, -0.25) is 4.68 Å². The van der Waals surface area contributed by atoms with Crippen molar-refractivity contribution in [1.82, 2.24) is 19.7 Å². The molecular formula is C12H15N5O2. The lowest BCUT2D eigenvalue weighted by atomic mass is 10.3. The molecular weight excluding hydrogens is 246 g/mol. The quantitative estimate of drug-likeness (QED) is 0.850. The molecule has 0 unspecified atom stereocenters. The number of methoxy groups -OCH3 is 1. The summed E-state index contributed by atoms with van der Waals surface area (Å²) in [5.41, 5.74) is 1.76. The number of aliphatic hydroxyl groups excluding tert-OH is 1. The highest BCUT2D eigenvalue weighted by Crippen LogP contribution is 2.26. The molecule has 0 bridgehead atoms. The number of anilines is 1. The van der Waals surface area contributed by atoms with Crippen molar-refractivity contribution in [2.24, 2.45) is 0 Å². The molecule has 0 aliphatic carbocycles. The Morgan fingerprint density at radius 2 is 2.16 bits per heavy atom. The van der Waals surface area contributed by atoms with Crippen molar-refractivity contribution in [2.75, 3.05) is 18.6 Å². The number of hydrogen-bond donors (Lipinski definition) is 1. The first kappa shape index (κ1) is 11.9. The molecule has 2 aromatic heterocycles. The van der Waals surface area contributed by atoms with E-state index in [4.69, 9.17) is 9.84 Å². The average Bonchev–Trinajstić information content (AvgIpc) is 2.89. The smallest absolute Gasteiger partial charge is 0.257 e. The maximum absolute atomic E-state index is 9.12. The Bertz CT molecular complexity index is 583. The first-order valence-electron chi connectivity index (χ1n) is 6.08. The molecule has 0 atom stereocenters. The summed E-state index contributed by atoms with van der Waals surface area (Å²) in [5, 5.41) is 13.4. The fraction of sp³-hybridized carbons (Fsp3) is 0.417. The van der Waals surface area contributed by atoms with Crippen LogP contribution in [0.4, 0.5) is 5.82 Å². The van der Waals surface area contributed by atoms with Gasteiger partial charge in [-0.1, -0.05) is 0 Å². The Morgan fingerprint density at radius 1 is 1.32 bits per heavy atom. The van der Waals surface area contributed by atoms with Crippen LogP contribution >= 0.6 is 0 Å². The third-order valence-electron chi connectivity index (χ3n) is 3.15. The number of aliphatic hydroxyl groups is 1. The van der Waals surface area contributed by atoms with Crippen LogP contribution in [-0.4, -0.2) is 38.5 Å². The zero-order valence-corrected chi connectivity index (χ0v) is 10.7. The zero-order valence-electron chi connectivity index (χ0n) is 10.7. The van der Waals surface area contributed by atoms with Crippen molar-refractivity contribution >= 4 is 5.82 Å². The van der Waals surface area contributed by atoms with Crippen molar-refractivity contribution in [3.63, 3.8) is 0 Å². The van der Waals surface area contributed by atoms with Gasteiger partial charge in [0.25, 0.3) is 5.88 Å². The predicted octanol–water partition coefficient (Wildman–Crippen LogP) is 0.194. The van der Waals surface area contributed by atoms with Crippen LogP contribution in [-0.2, 0) is 19.7 Å². The van der Waals surface area contributed by atoms with Gasteiger partial charge >= 0.3 is 0 Å². The standard InChI is InChI=1S/C12H15N5O2/c1-19-12-11(13-2-3-14-12)16-4-5-17-10(7-16)6-9(8-18)15-17/h2-3,6,18H,4-5,7-8H2,1H3. The van der Waals surface area contributed by atoms with Gasteiger partial charge in [-0.05, 0) is 6.07 Å². The van der Waals surface area contributed by atoms with Crippen molar-refractivity contribution < 1.29 is 9.84 Å². The van der Waals surface area contributed by atoms with E-state index in [1.807, 2.05) is 10.7 Å². The van der Waals surface area contributed by atoms with Crippen molar-refractivity contribution in [3.05, 3.63) is 29.8 Å². The summed E-state index contributed by atoms with van der Waals surface area (Å²) < 4.78 is 7.16. The molecule has 2 aromatic rings. The topological polar surface area (TPSA) is 76.3 Å². The van der Waals surface area contributed by atoms with Crippen molar-refractivity contribution in [3.8, 4) is 5.88 Å². The summed E-state index contributed by atoms with van der Waals surface area (Å²) in [6.07, 6.45) is 3.27. The third kappa shape index (κ3) is 2.12. The summed E-state index contributed by atoms with van der Waals surface area (Å²) in [5.74, 6) is 1.26. The monoisotopic (exact) mass is 261 g/mol. The summed E-state index contributed by atoms with van der Waals surface area (Å²) in [7, 11) is 1.59. The lowest BCUT2D eigenvalue weighted by Crippen LogP contribution is -2.34. The first-order chi connectivity index (χ1) is 9.31. The normalized spacial score (nSPS) is 14.3. The molecule has 1 aliphatic rings. The van der Waals surface area contributed by atoms with Crippen LogP contribution < -0.4 is 9.64 Å². The second-order valence-electron chi connectivity index (χ2n) is 4.32. The van der Waals surface area contributed by atoms with Crippen LogP contribution in [0.15, 0.2) is 18.5 Å². The molecule has 7 heteroatoms. The Balaban J connectivity index is 1.88. The predicted molar refractivity (Wildman–Crippen MR) is 67.8 cm³/mol. The second-order valence-corrected chi connectivity index (χ2v) is 4.32. The van der Waals surface area contributed by atoms with Gasteiger partial charge in [-0.2, -0.15) is 5.10 Å². The maximum Gasteiger partial charge on any atom is 0.257 e. The number of hydrogen-bond acceptors (Lipinski definition) is 6. The highest BCUT2D eigenvalue weighted by molar-refractivity contribution is 5.48. The first-order valence-corrected chi connectivity index (χ1v) is 6.08. The van der Waals surface area contributed by atoms with Crippen LogP contribution in [0.3, 0.4) is 0 Å². The summed E-state index contributed by atoms with van der Waals surface area (Å²) in [4.78, 5) is 10.6. The molecule has 1 aliphatic heterocycles. The number of ether oxygens (including phenoxy) is 1. The van der Waals surface area contributed by atoms with Gasteiger partial charge in [-0.15, -0.1) is 0 Å². The van der Waals surface area contributed by atoms with E-state index in [0.29, 0.717) is 18.1 Å². The SMILES string of the molecule is COc1nccnc1N1CCn2nc(CO)cc2C1. The highest BCUT2D eigenvalue weighted by atomic mass is 16.5. The zero-order chi connectivity index (χ0) is 13.2. The largest absolute Gasteiger partial charge is 0.478 e. The Kier molecular flexibility index (Phi) is 3.04. The number of aromatic nitrogens is 4. The Morgan fingerprint density at radius 3 is 2.95 bits per heavy atom. The van der Waals surface area contributed by atoms with Gasteiger partial charge in [0.1, 0.15) is 0 Å². The lowest BCUT2D eigenvalue weighted by molar-refractivity contribution is 0.275. The molecule has 1 N–H and O–H groups in total. The van der Waals surface area contributed by atoms with Gasteiger partial charge in [0, 0.05) is 18.9 Å².